The fourth-order valence-corrected chi connectivity index (χ4v) is 3.00. The molecule has 0 aliphatic rings. The van der Waals surface area contributed by atoms with Gasteiger partial charge in [0.25, 0.3) is 11.8 Å². The Bertz CT molecular complexity index is 1090. The number of rotatable bonds is 6. The Morgan fingerprint density at radius 3 is 2.23 bits per heavy atom. The number of halogens is 3. The first-order valence-electron chi connectivity index (χ1n) is 8.51. The molecule has 0 saturated carbocycles. The summed E-state index contributed by atoms with van der Waals surface area (Å²) < 4.78 is 39.6. The molecule has 3 aromatic rings. The third-order valence-corrected chi connectivity index (χ3v) is 4.74. The van der Waals surface area contributed by atoms with E-state index in [0.717, 1.165) is 6.07 Å². The lowest BCUT2D eigenvalue weighted by atomic mass is 10.2. The topological polar surface area (TPSA) is 87.3 Å². The molecule has 0 atom stereocenters. The van der Waals surface area contributed by atoms with Gasteiger partial charge in [0, 0.05) is 11.3 Å². The van der Waals surface area contributed by atoms with Gasteiger partial charge in [-0.05, 0) is 47.8 Å². The predicted octanol–water partition coefficient (Wildman–Crippen LogP) is 3.79. The molecule has 1 aromatic heterocycles. The van der Waals surface area contributed by atoms with Crippen molar-refractivity contribution in [2.45, 2.75) is 0 Å². The summed E-state index contributed by atoms with van der Waals surface area (Å²) in [6, 6.07) is 10.9. The second kappa shape index (κ2) is 9.23. The molecule has 1 heterocycles. The van der Waals surface area contributed by atoms with Gasteiger partial charge in [0.1, 0.15) is 0 Å². The minimum absolute atomic E-state index is 0.218. The van der Waals surface area contributed by atoms with E-state index in [-0.39, 0.29) is 11.5 Å². The van der Waals surface area contributed by atoms with Crippen LogP contribution >= 0.6 is 11.3 Å². The van der Waals surface area contributed by atoms with Crippen molar-refractivity contribution in [3.63, 3.8) is 0 Å². The van der Waals surface area contributed by atoms with E-state index < -0.39 is 41.5 Å². The molecule has 3 rings (SSSR count). The number of hydrogen-bond donors (Lipinski definition) is 3. The fraction of sp³-hybridized carbons (Fsp3) is 0.0500. The lowest BCUT2D eigenvalue weighted by Gasteiger charge is -2.09. The van der Waals surface area contributed by atoms with Gasteiger partial charge in [-0.15, -0.1) is 11.3 Å². The smallest absolute Gasteiger partial charge is 0.265 e. The largest absolute Gasteiger partial charge is 0.343 e. The minimum atomic E-state index is -1.71. The zero-order valence-electron chi connectivity index (χ0n) is 15.2. The Hall–Kier alpha value is -3.66. The van der Waals surface area contributed by atoms with Crippen LogP contribution in [-0.4, -0.2) is 24.3 Å². The van der Waals surface area contributed by atoms with Crippen LogP contribution in [0.4, 0.5) is 24.5 Å². The lowest BCUT2D eigenvalue weighted by Crippen LogP contribution is -2.33. The second-order valence-corrected chi connectivity index (χ2v) is 6.91. The minimum Gasteiger partial charge on any atom is -0.343 e. The van der Waals surface area contributed by atoms with Gasteiger partial charge in [0.2, 0.25) is 5.91 Å². The molecule has 0 radical (unpaired) electrons. The van der Waals surface area contributed by atoms with E-state index in [1.165, 1.54) is 35.6 Å². The van der Waals surface area contributed by atoms with Crippen LogP contribution in [0.5, 0.6) is 0 Å². The second-order valence-electron chi connectivity index (χ2n) is 5.96. The van der Waals surface area contributed by atoms with Gasteiger partial charge in [-0.25, -0.2) is 13.2 Å². The summed E-state index contributed by atoms with van der Waals surface area (Å²) >= 11 is 1.29. The molecule has 0 bridgehead atoms. The maximum atomic E-state index is 13.6. The Kier molecular flexibility index (Phi) is 6.48. The molecule has 6 nitrogen and oxygen atoms in total. The van der Waals surface area contributed by atoms with E-state index in [0.29, 0.717) is 16.6 Å². The van der Waals surface area contributed by atoms with Crippen LogP contribution < -0.4 is 16.0 Å². The number of hydrogen-bond acceptors (Lipinski definition) is 4. The zero-order valence-corrected chi connectivity index (χ0v) is 16.0. The highest BCUT2D eigenvalue weighted by Gasteiger charge is 2.16. The summed E-state index contributed by atoms with van der Waals surface area (Å²) in [5, 5.41) is 8.83. The molecule has 3 N–H and O–H groups in total. The first-order valence-corrected chi connectivity index (χ1v) is 9.39. The van der Waals surface area contributed by atoms with Crippen molar-refractivity contribution in [2.24, 2.45) is 0 Å². The molecule has 154 valence electrons. The predicted molar refractivity (Wildman–Crippen MR) is 106 cm³/mol. The Labute approximate surface area is 172 Å². The van der Waals surface area contributed by atoms with Gasteiger partial charge in [-0.2, -0.15) is 0 Å². The molecule has 0 fully saturated rings. The number of amides is 3. The van der Waals surface area contributed by atoms with E-state index in [9.17, 15) is 27.6 Å². The van der Waals surface area contributed by atoms with Gasteiger partial charge < -0.3 is 16.0 Å². The Balaban J connectivity index is 1.53. The molecule has 0 spiro atoms. The third kappa shape index (κ3) is 5.03. The van der Waals surface area contributed by atoms with E-state index in [2.05, 4.69) is 10.6 Å². The van der Waals surface area contributed by atoms with Crippen LogP contribution in [0.3, 0.4) is 0 Å². The summed E-state index contributed by atoms with van der Waals surface area (Å²) in [4.78, 5) is 36.5. The van der Waals surface area contributed by atoms with Crippen LogP contribution in [0.1, 0.15) is 20.0 Å². The highest BCUT2D eigenvalue weighted by atomic mass is 32.1. The van der Waals surface area contributed by atoms with Gasteiger partial charge in [-0.3, -0.25) is 14.4 Å². The molecule has 0 saturated heterocycles. The molecule has 2 aromatic carbocycles. The number of carbonyl (C=O) groups excluding carboxylic acids is 3. The summed E-state index contributed by atoms with van der Waals surface area (Å²) in [5.41, 5.74) is 0.159. The van der Waals surface area contributed by atoms with E-state index in [4.69, 9.17) is 0 Å². The highest BCUT2D eigenvalue weighted by molar-refractivity contribution is 7.12. The number of thiophene rings is 1. The molecule has 0 unspecified atom stereocenters. The normalized spacial score (nSPS) is 10.4. The maximum absolute atomic E-state index is 13.6. The molecule has 30 heavy (non-hydrogen) atoms. The summed E-state index contributed by atoms with van der Waals surface area (Å²) in [5.74, 6) is -6.31. The van der Waals surface area contributed by atoms with Crippen LogP contribution in [-0.2, 0) is 4.79 Å². The lowest BCUT2D eigenvalue weighted by molar-refractivity contribution is -0.115. The number of benzene rings is 2. The van der Waals surface area contributed by atoms with Crippen molar-refractivity contribution in [2.75, 3.05) is 17.2 Å². The molecule has 10 heteroatoms. The Morgan fingerprint density at radius 2 is 1.57 bits per heavy atom. The molecule has 3 amide bonds. The van der Waals surface area contributed by atoms with Crippen molar-refractivity contribution < 1.29 is 27.6 Å². The molecular weight excluding hydrogens is 419 g/mol. The zero-order chi connectivity index (χ0) is 21.7. The summed E-state index contributed by atoms with van der Waals surface area (Å²) in [6.07, 6.45) is 0. The van der Waals surface area contributed by atoms with Gasteiger partial charge in [0.05, 0.1) is 17.1 Å². The quantitative estimate of drug-likeness (QED) is 0.517. The molecule has 0 aliphatic heterocycles. The Morgan fingerprint density at radius 1 is 0.833 bits per heavy atom. The van der Waals surface area contributed by atoms with Crippen LogP contribution in [0.15, 0.2) is 53.9 Å². The van der Waals surface area contributed by atoms with E-state index >= 15 is 0 Å². The van der Waals surface area contributed by atoms with Crippen molar-refractivity contribution in [1.29, 1.82) is 0 Å². The molecule has 0 aliphatic carbocycles. The van der Waals surface area contributed by atoms with Crippen molar-refractivity contribution in [1.82, 2.24) is 5.32 Å². The van der Waals surface area contributed by atoms with E-state index in [1.54, 1.807) is 17.5 Å². The fourth-order valence-electron chi connectivity index (χ4n) is 2.38. The average Bonchev–Trinajstić information content (AvgIpc) is 3.28. The van der Waals surface area contributed by atoms with Gasteiger partial charge in [-0.1, -0.05) is 6.07 Å². The van der Waals surface area contributed by atoms with Crippen molar-refractivity contribution in [3.05, 3.63) is 81.8 Å². The van der Waals surface area contributed by atoms with Crippen molar-refractivity contribution in [3.8, 4) is 0 Å². The van der Waals surface area contributed by atoms with Gasteiger partial charge in [0.15, 0.2) is 17.5 Å². The van der Waals surface area contributed by atoms with Crippen LogP contribution in [0, 0.1) is 17.5 Å². The van der Waals surface area contributed by atoms with Crippen molar-refractivity contribution >= 4 is 40.4 Å². The number of carbonyl (C=O) groups is 3. The maximum Gasteiger partial charge on any atom is 0.265 e. The highest BCUT2D eigenvalue weighted by Crippen LogP contribution is 2.19. The SMILES string of the molecule is O=C(CNC(=O)c1ccc(NC(=O)c2cccs2)cc1)Nc1ccc(F)c(F)c1F. The van der Waals surface area contributed by atoms with E-state index in [1.807, 2.05) is 5.32 Å². The van der Waals surface area contributed by atoms with Crippen LogP contribution in [0.25, 0.3) is 0 Å². The molecular formula is C20H14F3N3O3S. The summed E-state index contributed by atoms with van der Waals surface area (Å²) in [7, 11) is 0. The number of nitrogens with one attached hydrogen (secondary N) is 3. The van der Waals surface area contributed by atoms with Crippen LogP contribution in [0.2, 0.25) is 0 Å². The standard InChI is InChI=1S/C20H14F3N3O3S/c21-13-7-8-14(18(23)17(13)22)26-16(27)10-24-19(28)11-3-5-12(6-4-11)25-20(29)15-2-1-9-30-15/h1-9H,10H2,(H,24,28)(H,25,29)(H,26,27). The summed E-state index contributed by atoms with van der Waals surface area (Å²) in [6.45, 7) is -0.520. The first kappa shape index (κ1) is 21.1. The third-order valence-electron chi connectivity index (χ3n) is 3.87. The average molecular weight is 433 g/mol. The van der Waals surface area contributed by atoms with Gasteiger partial charge >= 0.3 is 0 Å². The first-order chi connectivity index (χ1) is 14.3. The number of anilines is 2. The monoisotopic (exact) mass is 433 g/mol.